The lowest BCUT2D eigenvalue weighted by Crippen LogP contribution is -2.43. The van der Waals surface area contributed by atoms with Gasteiger partial charge in [-0.2, -0.15) is 0 Å². The van der Waals surface area contributed by atoms with E-state index >= 15 is 0 Å². The largest absolute Gasteiger partial charge is 0.360 e. The van der Waals surface area contributed by atoms with Crippen molar-refractivity contribution in [3.63, 3.8) is 0 Å². The molecule has 62 heavy (non-hydrogen) atoms. The standard InChI is InChI=1S/C58H44N4/c1-4-17-38(18-5-1)57-48-34-40(28-31-50(48)59-58(60-57)39-19-6-2-7-20-39)42-30-33-52(45-25-13-12-24-44(42)45)62-51-27-15-14-26-46(51)47-35-49-55(36-54(47)62)61(41-21-8-3-9-22-41)53-32-29-37-16-10-11-23-43(37)56(49)53/h1-14,16-26,28-36,49,53,55-56,58-59H,15,27H2. The zero-order valence-electron chi connectivity index (χ0n) is 34.3. The number of allylic oxidation sites excluding steroid dienone is 1. The molecule has 3 heterocycles. The van der Waals surface area contributed by atoms with E-state index < -0.39 is 0 Å². The van der Waals surface area contributed by atoms with Crippen LogP contribution >= 0.6 is 0 Å². The fourth-order valence-electron chi connectivity index (χ4n) is 11.4. The predicted octanol–water partition coefficient (Wildman–Crippen LogP) is 11.5. The van der Waals surface area contributed by atoms with Crippen LogP contribution in [0.4, 0.5) is 11.4 Å². The molecule has 3 aliphatic carbocycles. The lowest BCUT2D eigenvalue weighted by Gasteiger charge is -2.33. The number of aliphatic imine (C=N–C) groups is 1. The second kappa shape index (κ2) is 14.1. The van der Waals surface area contributed by atoms with Crippen LogP contribution in [0.2, 0.25) is 0 Å². The molecule has 4 nitrogen and oxygen atoms in total. The fraction of sp³-hybridized carbons (Fsp3) is 0.121. The molecule has 8 aromatic rings. The summed E-state index contributed by atoms with van der Waals surface area (Å²) in [6, 6.07) is 62.4. The molecule has 1 saturated heterocycles. The fourth-order valence-corrected chi connectivity index (χ4v) is 11.4. The molecule has 0 bridgehead atoms. The molecule has 1 fully saturated rings. The van der Waals surface area contributed by atoms with Gasteiger partial charge in [-0.3, -0.25) is 4.99 Å². The number of nitrogens with zero attached hydrogens (tertiary/aromatic N) is 3. The highest BCUT2D eigenvalue weighted by atomic mass is 15.2. The third-order valence-corrected chi connectivity index (χ3v) is 14.1. The minimum absolute atomic E-state index is 0.164. The van der Waals surface area contributed by atoms with Crippen LogP contribution in [0.15, 0.2) is 187 Å². The molecular weight excluding hydrogens is 753 g/mol. The van der Waals surface area contributed by atoms with Gasteiger partial charge in [0.1, 0.15) is 6.17 Å². The molecule has 0 spiro atoms. The second-order valence-corrected chi connectivity index (χ2v) is 17.3. The molecule has 1 aromatic heterocycles. The van der Waals surface area contributed by atoms with Gasteiger partial charge in [0.2, 0.25) is 0 Å². The maximum atomic E-state index is 5.36. The lowest BCUT2D eigenvalue weighted by molar-refractivity contribution is 0.590. The molecule has 7 aromatic carbocycles. The Hall–Kier alpha value is -7.43. The summed E-state index contributed by atoms with van der Waals surface area (Å²) in [4.78, 5) is 8.06. The Morgan fingerprint density at radius 1 is 0.613 bits per heavy atom. The van der Waals surface area contributed by atoms with E-state index in [-0.39, 0.29) is 18.2 Å². The monoisotopic (exact) mass is 796 g/mol. The van der Waals surface area contributed by atoms with E-state index in [4.69, 9.17) is 4.99 Å². The van der Waals surface area contributed by atoms with Crippen molar-refractivity contribution in [1.82, 2.24) is 4.57 Å². The van der Waals surface area contributed by atoms with Crippen molar-refractivity contribution in [2.24, 2.45) is 10.9 Å². The Morgan fingerprint density at radius 3 is 2.23 bits per heavy atom. The van der Waals surface area contributed by atoms with Gasteiger partial charge in [0.05, 0.1) is 28.8 Å². The number of anilines is 2. The molecule has 0 radical (unpaired) electrons. The zero-order valence-corrected chi connectivity index (χ0v) is 34.3. The molecule has 4 heteroatoms. The van der Waals surface area contributed by atoms with Gasteiger partial charge in [0.15, 0.2) is 0 Å². The summed E-state index contributed by atoms with van der Waals surface area (Å²) in [5.41, 5.74) is 16.0. The van der Waals surface area contributed by atoms with Crippen LogP contribution in [0.3, 0.4) is 0 Å². The lowest BCUT2D eigenvalue weighted by atomic mass is 9.76. The van der Waals surface area contributed by atoms with Crippen molar-refractivity contribution in [2.75, 3.05) is 10.2 Å². The van der Waals surface area contributed by atoms with Crippen molar-refractivity contribution in [1.29, 1.82) is 0 Å². The molecule has 1 N–H and O–H groups in total. The summed E-state index contributed by atoms with van der Waals surface area (Å²) < 4.78 is 2.63. The molecule has 13 rings (SSSR count). The minimum atomic E-state index is -0.164. The van der Waals surface area contributed by atoms with E-state index in [9.17, 15) is 0 Å². The van der Waals surface area contributed by atoms with E-state index in [1.54, 1.807) is 0 Å². The van der Waals surface area contributed by atoms with Crippen LogP contribution in [0, 0.1) is 5.92 Å². The van der Waals surface area contributed by atoms with Crippen molar-refractivity contribution in [3.8, 4) is 16.8 Å². The SMILES string of the molecule is C1=Cc2c(n(-c3ccc(-c4ccc5c(c4)C(c4ccccc4)=NC(c4ccccc4)N5)c4ccccc34)c3c2=CC2C4c5ccccc5C=CC4N(c4ccccc4)C2C=3)CC1. The number of para-hydroxylation sites is 1. The Kier molecular flexibility index (Phi) is 8.02. The van der Waals surface area contributed by atoms with E-state index in [2.05, 4.69) is 221 Å². The summed E-state index contributed by atoms with van der Waals surface area (Å²) in [6.45, 7) is 0. The van der Waals surface area contributed by atoms with Gasteiger partial charge in [-0.15, -0.1) is 0 Å². The highest BCUT2D eigenvalue weighted by Crippen LogP contribution is 2.50. The number of benzene rings is 7. The van der Waals surface area contributed by atoms with Crippen molar-refractivity contribution >= 4 is 52.2 Å². The highest BCUT2D eigenvalue weighted by Gasteiger charge is 2.49. The Morgan fingerprint density at radius 2 is 1.37 bits per heavy atom. The number of aromatic nitrogens is 1. The minimum Gasteiger partial charge on any atom is -0.360 e. The number of nitrogens with one attached hydrogen (secondary N) is 1. The third kappa shape index (κ3) is 5.42. The maximum absolute atomic E-state index is 5.36. The zero-order chi connectivity index (χ0) is 40.7. The molecule has 5 atom stereocenters. The number of hydrogen-bond acceptors (Lipinski definition) is 3. The Labute approximate surface area is 361 Å². The summed E-state index contributed by atoms with van der Waals surface area (Å²) >= 11 is 0. The normalized spacial score (nSPS) is 21.3. The van der Waals surface area contributed by atoms with E-state index in [1.807, 2.05) is 0 Å². The quantitative estimate of drug-likeness (QED) is 0.188. The van der Waals surface area contributed by atoms with Gasteiger partial charge >= 0.3 is 0 Å². The Balaban J connectivity index is 0.979. The second-order valence-electron chi connectivity index (χ2n) is 17.3. The summed E-state index contributed by atoms with van der Waals surface area (Å²) in [5.74, 6) is 0.694. The van der Waals surface area contributed by atoms with Gasteiger partial charge < -0.3 is 14.8 Å². The topological polar surface area (TPSA) is 32.6 Å². The predicted molar refractivity (Wildman–Crippen MR) is 257 cm³/mol. The van der Waals surface area contributed by atoms with E-state index in [0.717, 1.165) is 40.9 Å². The first-order valence-electron chi connectivity index (χ1n) is 22.1. The average Bonchev–Trinajstić information content (AvgIpc) is 3.85. The van der Waals surface area contributed by atoms with Gasteiger partial charge in [0, 0.05) is 56.2 Å². The van der Waals surface area contributed by atoms with Gasteiger partial charge in [-0.05, 0) is 82.5 Å². The average molecular weight is 797 g/mol. The van der Waals surface area contributed by atoms with Crippen molar-refractivity contribution < 1.29 is 0 Å². The van der Waals surface area contributed by atoms with Crippen molar-refractivity contribution in [2.45, 2.75) is 37.0 Å². The molecule has 0 amide bonds. The van der Waals surface area contributed by atoms with Crippen LogP contribution in [-0.4, -0.2) is 22.4 Å². The van der Waals surface area contributed by atoms with Crippen LogP contribution < -0.4 is 20.8 Å². The van der Waals surface area contributed by atoms with Gasteiger partial charge in [-0.25, -0.2) is 0 Å². The van der Waals surface area contributed by atoms with Crippen LogP contribution in [0.25, 0.3) is 51.9 Å². The highest BCUT2D eigenvalue weighted by molar-refractivity contribution is 6.18. The third-order valence-electron chi connectivity index (χ3n) is 14.1. The van der Waals surface area contributed by atoms with Gasteiger partial charge in [-0.1, -0.05) is 170 Å². The molecule has 5 aliphatic rings. The van der Waals surface area contributed by atoms with Gasteiger partial charge in [0.25, 0.3) is 0 Å². The number of rotatable bonds is 5. The smallest absolute Gasteiger partial charge is 0.145 e. The van der Waals surface area contributed by atoms with Crippen LogP contribution in [0.1, 0.15) is 57.6 Å². The first kappa shape index (κ1) is 35.3. The molecule has 5 unspecified atom stereocenters. The van der Waals surface area contributed by atoms with Crippen LogP contribution in [-0.2, 0) is 6.42 Å². The maximum Gasteiger partial charge on any atom is 0.145 e. The first-order chi connectivity index (χ1) is 30.8. The first-order valence-corrected chi connectivity index (χ1v) is 22.1. The molecule has 296 valence electrons. The summed E-state index contributed by atoms with van der Waals surface area (Å²) in [6.07, 6.45) is 16.8. The van der Waals surface area contributed by atoms with Crippen molar-refractivity contribution in [3.05, 3.63) is 232 Å². The van der Waals surface area contributed by atoms with E-state index in [1.165, 1.54) is 66.2 Å². The number of hydrogen-bond donors (Lipinski definition) is 1. The number of fused-ring (bicyclic) bond motifs is 10. The van der Waals surface area contributed by atoms with Crippen LogP contribution in [0.5, 0.6) is 0 Å². The Bertz CT molecular complexity index is 3300. The van der Waals surface area contributed by atoms with E-state index in [0.29, 0.717) is 11.8 Å². The summed E-state index contributed by atoms with van der Waals surface area (Å²) in [7, 11) is 0. The molecule has 2 aliphatic heterocycles. The molecule has 0 saturated carbocycles. The summed E-state index contributed by atoms with van der Waals surface area (Å²) in [5, 5.41) is 8.95. The molecular formula is C58H44N4.